The molecule has 1 rings (SSSR count). The molecule has 0 aromatic carbocycles. The molecule has 24 heavy (non-hydrogen) atoms. The van der Waals surface area contributed by atoms with Gasteiger partial charge in [0.05, 0.1) is 11.8 Å². The number of aliphatic carboxylic acids is 1. The highest BCUT2D eigenvalue weighted by Gasteiger charge is 2.66. The molecule has 0 saturated heterocycles. The van der Waals surface area contributed by atoms with Gasteiger partial charge in [-0.3, -0.25) is 14.1 Å². The van der Waals surface area contributed by atoms with Gasteiger partial charge in [-0.1, -0.05) is 12.2 Å². The van der Waals surface area contributed by atoms with Crippen LogP contribution in [0.4, 0.5) is 22.0 Å². The van der Waals surface area contributed by atoms with E-state index in [4.69, 9.17) is 9.66 Å². The SMILES string of the molecule is O=C(O)C1CC=CCC1C(=O)OC(C(F)(F)F)C(F)(F)S(=O)(=O)O. The molecular weight excluding hydrogens is 371 g/mol. The standard InChI is InChI=1S/C11H11F5O7S/c12-10(13,14)9(11(15,16)24(20,21)22)23-8(19)6-4-2-1-3-5(6)7(17)18/h1-2,5-6,9H,3-4H2,(H,17,18)(H,20,21,22). The maximum Gasteiger partial charge on any atom is 0.432 e. The molecule has 0 heterocycles. The van der Waals surface area contributed by atoms with E-state index in [9.17, 15) is 40.0 Å². The van der Waals surface area contributed by atoms with Crippen LogP contribution in [0.5, 0.6) is 0 Å². The lowest BCUT2D eigenvalue weighted by molar-refractivity contribution is -0.261. The molecular formula is C11H11F5O7S. The van der Waals surface area contributed by atoms with E-state index >= 15 is 0 Å². The number of rotatable bonds is 5. The van der Waals surface area contributed by atoms with Gasteiger partial charge in [0.2, 0.25) is 0 Å². The zero-order valence-corrected chi connectivity index (χ0v) is 12.4. The molecule has 0 spiro atoms. The number of halogens is 5. The Morgan fingerprint density at radius 1 is 1.08 bits per heavy atom. The average molecular weight is 382 g/mol. The molecule has 0 aromatic heterocycles. The van der Waals surface area contributed by atoms with Crippen molar-refractivity contribution in [2.45, 2.75) is 30.4 Å². The zero-order valence-electron chi connectivity index (χ0n) is 11.5. The van der Waals surface area contributed by atoms with Crippen molar-refractivity contribution in [3.63, 3.8) is 0 Å². The van der Waals surface area contributed by atoms with Crippen LogP contribution in [0, 0.1) is 11.8 Å². The summed E-state index contributed by atoms with van der Waals surface area (Å²) in [6.45, 7) is 0. The predicted molar refractivity (Wildman–Crippen MR) is 65.4 cm³/mol. The third-order valence-electron chi connectivity index (χ3n) is 3.23. The second-order valence-corrected chi connectivity index (χ2v) is 6.38. The Kier molecular flexibility index (Phi) is 5.60. The monoisotopic (exact) mass is 382 g/mol. The van der Waals surface area contributed by atoms with Gasteiger partial charge in [-0.2, -0.15) is 30.4 Å². The molecule has 3 atom stereocenters. The zero-order chi connectivity index (χ0) is 18.9. The lowest BCUT2D eigenvalue weighted by atomic mass is 9.83. The highest BCUT2D eigenvalue weighted by atomic mass is 32.2. The largest absolute Gasteiger partial charge is 0.481 e. The van der Waals surface area contributed by atoms with Gasteiger partial charge in [0.25, 0.3) is 6.10 Å². The molecule has 0 amide bonds. The summed E-state index contributed by atoms with van der Waals surface area (Å²) in [5, 5.41) is 3.04. The minimum Gasteiger partial charge on any atom is -0.481 e. The molecule has 0 radical (unpaired) electrons. The van der Waals surface area contributed by atoms with Gasteiger partial charge in [0.1, 0.15) is 0 Å². The molecule has 7 nitrogen and oxygen atoms in total. The van der Waals surface area contributed by atoms with Crippen molar-refractivity contribution < 1.29 is 54.4 Å². The smallest absolute Gasteiger partial charge is 0.432 e. The number of carbonyl (C=O) groups is 2. The number of carboxylic acids is 1. The van der Waals surface area contributed by atoms with E-state index in [1.54, 1.807) is 0 Å². The van der Waals surface area contributed by atoms with Crippen LogP contribution in [-0.2, 0) is 24.4 Å². The van der Waals surface area contributed by atoms with E-state index in [0.29, 0.717) is 0 Å². The Labute approximate surface area is 131 Å². The van der Waals surface area contributed by atoms with Crippen molar-refractivity contribution in [1.29, 1.82) is 0 Å². The third kappa shape index (κ3) is 4.20. The molecule has 0 saturated carbocycles. The Morgan fingerprint density at radius 2 is 1.54 bits per heavy atom. The van der Waals surface area contributed by atoms with E-state index in [1.807, 2.05) is 0 Å². The summed E-state index contributed by atoms with van der Waals surface area (Å²) in [5.41, 5.74) is 0. The lowest BCUT2D eigenvalue weighted by Gasteiger charge is -2.29. The summed E-state index contributed by atoms with van der Waals surface area (Å²) in [4.78, 5) is 22.7. The highest BCUT2D eigenvalue weighted by Crippen LogP contribution is 2.39. The maximum absolute atomic E-state index is 13.3. The van der Waals surface area contributed by atoms with Crippen molar-refractivity contribution in [3.8, 4) is 0 Å². The molecule has 2 N–H and O–H groups in total. The molecule has 0 aliphatic heterocycles. The van der Waals surface area contributed by atoms with Crippen LogP contribution < -0.4 is 0 Å². The fraction of sp³-hybridized carbons (Fsp3) is 0.636. The van der Waals surface area contributed by atoms with Crippen LogP contribution in [0.25, 0.3) is 0 Å². The Morgan fingerprint density at radius 3 is 1.92 bits per heavy atom. The second kappa shape index (κ2) is 6.63. The second-order valence-electron chi connectivity index (χ2n) is 4.89. The van der Waals surface area contributed by atoms with Crippen LogP contribution >= 0.6 is 0 Å². The van der Waals surface area contributed by atoms with Crippen LogP contribution in [0.2, 0.25) is 0 Å². The fourth-order valence-electron chi connectivity index (χ4n) is 2.01. The minimum absolute atomic E-state index is 0.250. The van der Waals surface area contributed by atoms with Crippen molar-refractivity contribution >= 4 is 22.1 Å². The van der Waals surface area contributed by atoms with Crippen LogP contribution in [0.15, 0.2) is 12.2 Å². The van der Waals surface area contributed by atoms with Crippen molar-refractivity contribution in [1.82, 2.24) is 0 Å². The van der Waals surface area contributed by atoms with Gasteiger partial charge >= 0.3 is 33.5 Å². The summed E-state index contributed by atoms with van der Waals surface area (Å²) in [6, 6.07) is 0. The number of esters is 1. The summed E-state index contributed by atoms with van der Waals surface area (Å²) in [6.07, 6.45) is -8.57. The van der Waals surface area contributed by atoms with E-state index in [1.165, 1.54) is 12.2 Å². The van der Waals surface area contributed by atoms with Gasteiger partial charge < -0.3 is 9.84 Å². The van der Waals surface area contributed by atoms with E-state index in [0.717, 1.165) is 0 Å². The van der Waals surface area contributed by atoms with E-state index in [-0.39, 0.29) is 6.42 Å². The van der Waals surface area contributed by atoms with Crippen molar-refractivity contribution in [3.05, 3.63) is 12.2 Å². The number of ether oxygens (including phenoxy) is 1. The van der Waals surface area contributed by atoms with Crippen LogP contribution in [0.1, 0.15) is 12.8 Å². The number of alkyl halides is 5. The minimum atomic E-state index is -6.55. The lowest BCUT2D eigenvalue weighted by Crippen LogP contribution is -2.53. The number of hydrogen-bond acceptors (Lipinski definition) is 5. The Bertz CT molecular complexity index is 640. The van der Waals surface area contributed by atoms with Crippen LogP contribution in [-0.4, -0.2) is 47.6 Å². The first-order chi connectivity index (χ1) is 10.7. The predicted octanol–water partition coefficient (Wildman–Crippen LogP) is 1.61. The molecule has 0 bridgehead atoms. The molecule has 3 unspecified atom stereocenters. The normalized spacial score (nSPS) is 23.6. The molecule has 1 aliphatic carbocycles. The van der Waals surface area contributed by atoms with Crippen molar-refractivity contribution in [2.24, 2.45) is 11.8 Å². The Balaban J connectivity index is 3.14. The first kappa shape index (κ1) is 20.3. The Hall–Kier alpha value is -1.76. The number of allylic oxidation sites excluding steroid dienone is 2. The highest BCUT2D eigenvalue weighted by molar-refractivity contribution is 7.86. The summed E-state index contributed by atoms with van der Waals surface area (Å²) in [7, 11) is -6.55. The van der Waals surface area contributed by atoms with Gasteiger partial charge in [-0.15, -0.1) is 0 Å². The van der Waals surface area contributed by atoms with Gasteiger partial charge in [0.15, 0.2) is 0 Å². The third-order valence-corrected chi connectivity index (χ3v) is 4.13. The molecule has 0 fully saturated rings. The fourth-order valence-corrected chi connectivity index (χ4v) is 2.46. The molecule has 1 aliphatic rings. The first-order valence-electron chi connectivity index (χ1n) is 6.19. The number of hydrogen-bond donors (Lipinski definition) is 2. The van der Waals surface area contributed by atoms with Crippen molar-refractivity contribution in [2.75, 3.05) is 0 Å². The molecule has 13 heteroatoms. The van der Waals surface area contributed by atoms with E-state index in [2.05, 4.69) is 4.74 Å². The van der Waals surface area contributed by atoms with Gasteiger partial charge in [0, 0.05) is 0 Å². The molecule has 0 aromatic rings. The van der Waals surface area contributed by atoms with Gasteiger partial charge in [-0.25, -0.2) is 0 Å². The number of carboxylic acid groups (broad SMARTS) is 1. The topological polar surface area (TPSA) is 118 Å². The quantitative estimate of drug-likeness (QED) is 0.321. The maximum atomic E-state index is 13.3. The average Bonchev–Trinajstić information content (AvgIpc) is 2.41. The van der Waals surface area contributed by atoms with E-state index < -0.39 is 57.8 Å². The summed E-state index contributed by atoms with van der Waals surface area (Å²) in [5.74, 6) is -6.76. The van der Waals surface area contributed by atoms with Crippen LogP contribution in [0.3, 0.4) is 0 Å². The summed E-state index contributed by atoms with van der Waals surface area (Å²) >= 11 is 0. The first-order valence-corrected chi connectivity index (χ1v) is 7.63. The molecule has 138 valence electrons. The number of carbonyl (C=O) groups excluding carboxylic acids is 1. The van der Waals surface area contributed by atoms with Gasteiger partial charge in [-0.05, 0) is 12.8 Å². The summed E-state index contributed by atoms with van der Waals surface area (Å²) < 4.78 is 97.4.